The largest absolute Gasteiger partial charge is 0.477 e. The van der Waals surface area contributed by atoms with Crippen molar-refractivity contribution in [3.8, 4) is 0 Å². The number of carboxylic acids is 1. The fraction of sp³-hybridized carbons (Fsp3) is 0.100. The number of rotatable bonds is 1. The Morgan fingerprint density at radius 2 is 2.21 bits per heavy atom. The van der Waals surface area contributed by atoms with Gasteiger partial charge in [0.05, 0.1) is 0 Å². The minimum absolute atomic E-state index is 0.446. The monoisotopic (exact) mass is 318 g/mol. The first kappa shape index (κ1) is 9.92. The number of halogens is 1. The molecule has 72 valence electrons. The van der Waals surface area contributed by atoms with Crippen LogP contribution in [-0.2, 0) is 0 Å². The Morgan fingerprint density at radius 3 is 2.86 bits per heavy atom. The van der Waals surface area contributed by atoms with Gasteiger partial charge in [-0.3, -0.25) is 0 Å². The van der Waals surface area contributed by atoms with E-state index in [1.54, 1.807) is 0 Å². The van der Waals surface area contributed by atoms with Crippen LogP contribution in [0.25, 0.3) is 10.1 Å². The van der Waals surface area contributed by atoms with Gasteiger partial charge in [-0.1, -0.05) is 6.07 Å². The molecular weight excluding hydrogens is 311 g/mol. The summed E-state index contributed by atoms with van der Waals surface area (Å²) in [6.45, 7) is 1.86. The van der Waals surface area contributed by atoms with Crippen molar-refractivity contribution in [2.24, 2.45) is 0 Å². The smallest absolute Gasteiger partial charge is 0.346 e. The third-order valence-corrected chi connectivity index (χ3v) is 4.01. The van der Waals surface area contributed by atoms with E-state index in [-0.39, 0.29) is 0 Å². The van der Waals surface area contributed by atoms with Crippen molar-refractivity contribution in [2.45, 2.75) is 6.92 Å². The molecule has 14 heavy (non-hydrogen) atoms. The molecule has 2 nitrogen and oxygen atoms in total. The molecule has 0 aliphatic rings. The van der Waals surface area contributed by atoms with Gasteiger partial charge in [0, 0.05) is 8.27 Å². The Hall–Kier alpha value is -0.620. The highest BCUT2D eigenvalue weighted by atomic mass is 127. The summed E-state index contributed by atoms with van der Waals surface area (Å²) in [6.07, 6.45) is 0. The van der Waals surface area contributed by atoms with Crippen LogP contribution in [0.1, 0.15) is 15.2 Å². The molecule has 1 N–H and O–H groups in total. The molecule has 0 atom stereocenters. The molecule has 4 heteroatoms. The van der Waals surface area contributed by atoms with E-state index in [1.165, 1.54) is 11.3 Å². The lowest BCUT2D eigenvalue weighted by Gasteiger charge is -1.92. The van der Waals surface area contributed by atoms with Gasteiger partial charge in [0.2, 0.25) is 0 Å². The Morgan fingerprint density at radius 1 is 1.50 bits per heavy atom. The topological polar surface area (TPSA) is 37.3 Å². The Balaban J connectivity index is 2.79. The number of fused-ring (bicyclic) bond motifs is 1. The first-order valence-corrected chi connectivity index (χ1v) is 5.91. The second-order valence-electron chi connectivity index (χ2n) is 3.00. The number of hydrogen-bond acceptors (Lipinski definition) is 2. The van der Waals surface area contributed by atoms with E-state index in [2.05, 4.69) is 22.6 Å². The summed E-state index contributed by atoms with van der Waals surface area (Å²) in [4.78, 5) is 11.3. The Labute approximate surface area is 98.7 Å². The van der Waals surface area contributed by atoms with Crippen LogP contribution in [0.5, 0.6) is 0 Å². The molecule has 0 bridgehead atoms. The summed E-state index contributed by atoms with van der Waals surface area (Å²) < 4.78 is 2.18. The second kappa shape index (κ2) is 3.51. The van der Waals surface area contributed by atoms with Crippen molar-refractivity contribution in [3.05, 3.63) is 32.2 Å². The van der Waals surface area contributed by atoms with E-state index >= 15 is 0 Å². The maximum absolute atomic E-state index is 10.9. The van der Waals surface area contributed by atoms with E-state index in [1.807, 2.05) is 25.1 Å². The fourth-order valence-electron chi connectivity index (χ4n) is 1.40. The van der Waals surface area contributed by atoms with Gasteiger partial charge in [-0.2, -0.15) is 0 Å². The number of carbonyl (C=O) groups is 1. The third-order valence-electron chi connectivity index (χ3n) is 2.09. The van der Waals surface area contributed by atoms with Crippen LogP contribution in [-0.4, -0.2) is 11.1 Å². The van der Waals surface area contributed by atoms with E-state index in [4.69, 9.17) is 5.11 Å². The number of carboxylic acid groups (broad SMARTS) is 1. The lowest BCUT2D eigenvalue weighted by Crippen LogP contribution is -1.93. The first-order chi connectivity index (χ1) is 6.59. The highest BCUT2D eigenvalue weighted by Crippen LogP contribution is 2.31. The number of hydrogen-bond donors (Lipinski definition) is 1. The maximum atomic E-state index is 10.9. The lowest BCUT2D eigenvalue weighted by molar-refractivity contribution is 0.0701. The summed E-state index contributed by atoms with van der Waals surface area (Å²) in [5.74, 6) is -0.835. The predicted octanol–water partition coefficient (Wildman–Crippen LogP) is 3.51. The molecule has 0 unspecified atom stereocenters. The van der Waals surface area contributed by atoms with Gasteiger partial charge in [0.15, 0.2) is 0 Å². The Bertz CT molecular complexity index is 516. The van der Waals surface area contributed by atoms with Gasteiger partial charge in [-0.15, -0.1) is 11.3 Å². The van der Waals surface area contributed by atoms with Crippen molar-refractivity contribution < 1.29 is 9.90 Å². The van der Waals surface area contributed by atoms with Gasteiger partial charge in [0.25, 0.3) is 0 Å². The van der Waals surface area contributed by atoms with Crippen LogP contribution in [0, 0.1) is 10.5 Å². The van der Waals surface area contributed by atoms with E-state index in [0.29, 0.717) is 4.88 Å². The Kier molecular flexibility index (Phi) is 2.48. The average Bonchev–Trinajstić information content (AvgIpc) is 2.43. The highest BCUT2D eigenvalue weighted by Gasteiger charge is 2.13. The summed E-state index contributed by atoms with van der Waals surface area (Å²) >= 11 is 3.57. The zero-order valence-electron chi connectivity index (χ0n) is 7.37. The molecule has 0 radical (unpaired) electrons. The molecule has 0 spiro atoms. The van der Waals surface area contributed by atoms with Gasteiger partial charge >= 0.3 is 5.97 Å². The molecule has 2 rings (SSSR count). The molecule has 0 saturated carbocycles. The van der Waals surface area contributed by atoms with E-state index in [0.717, 1.165) is 19.2 Å². The number of aryl methyl sites for hydroxylation is 1. The van der Waals surface area contributed by atoms with Crippen molar-refractivity contribution in [1.82, 2.24) is 0 Å². The van der Waals surface area contributed by atoms with Crippen LogP contribution >= 0.6 is 33.9 Å². The van der Waals surface area contributed by atoms with Gasteiger partial charge in [-0.05, 0) is 52.6 Å². The molecule has 1 aromatic carbocycles. The fourth-order valence-corrected chi connectivity index (χ4v) is 3.19. The molecule has 2 aromatic rings. The quantitative estimate of drug-likeness (QED) is 0.817. The number of thiophene rings is 1. The minimum Gasteiger partial charge on any atom is -0.477 e. The van der Waals surface area contributed by atoms with Gasteiger partial charge in [-0.25, -0.2) is 4.79 Å². The maximum Gasteiger partial charge on any atom is 0.346 e. The molecule has 0 aliphatic heterocycles. The minimum atomic E-state index is -0.835. The van der Waals surface area contributed by atoms with E-state index in [9.17, 15) is 4.79 Å². The van der Waals surface area contributed by atoms with Crippen molar-refractivity contribution in [1.29, 1.82) is 0 Å². The van der Waals surface area contributed by atoms with E-state index < -0.39 is 5.97 Å². The standard InChI is InChI=1S/C10H7IO2S/c1-5-7-3-2-6(11)4-8(7)14-9(5)10(12)13/h2-4H,1H3,(H,12,13). The molecular formula is C10H7IO2S. The molecule has 0 fully saturated rings. The van der Waals surface area contributed by atoms with Gasteiger partial charge < -0.3 is 5.11 Å². The summed E-state index contributed by atoms with van der Waals surface area (Å²) in [7, 11) is 0. The average molecular weight is 318 g/mol. The molecule has 1 heterocycles. The third kappa shape index (κ3) is 1.52. The molecule has 1 aromatic heterocycles. The predicted molar refractivity (Wildman–Crippen MR) is 66.2 cm³/mol. The number of aromatic carboxylic acids is 1. The second-order valence-corrected chi connectivity index (χ2v) is 5.30. The first-order valence-electron chi connectivity index (χ1n) is 4.01. The van der Waals surface area contributed by atoms with Crippen molar-refractivity contribution in [2.75, 3.05) is 0 Å². The molecule has 0 amide bonds. The van der Waals surface area contributed by atoms with Crippen LogP contribution in [0.4, 0.5) is 0 Å². The zero-order chi connectivity index (χ0) is 10.3. The SMILES string of the molecule is Cc1c(C(=O)O)sc2cc(I)ccc12. The highest BCUT2D eigenvalue weighted by molar-refractivity contribution is 14.1. The van der Waals surface area contributed by atoms with Crippen LogP contribution < -0.4 is 0 Å². The van der Waals surface area contributed by atoms with Gasteiger partial charge in [0.1, 0.15) is 4.88 Å². The normalized spacial score (nSPS) is 10.7. The molecule has 0 aliphatic carbocycles. The summed E-state index contributed by atoms with van der Waals surface area (Å²) in [5, 5.41) is 9.99. The van der Waals surface area contributed by atoms with Crippen molar-refractivity contribution in [3.63, 3.8) is 0 Å². The van der Waals surface area contributed by atoms with Crippen LogP contribution in [0.3, 0.4) is 0 Å². The summed E-state index contributed by atoms with van der Waals surface area (Å²) in [6, 6.07) is 5.99. The molecule has 0 saturated heterocycles. The van der Waals surface area contributed by atoms with Crippen LogP contribution in [0.15, 0.2) is 18.2 Å². The van der Waals surface area contributed by atoms with Crippen LogP contribution in [0.2, 0.25) is 0 Å². The number of benzene rings is 1. The zero-order valence-corrected chi connectivity index (χ0v) is 10.3. The summed E-state index contributed by atoms with van der Waals surface area (Å²) in [5.41, 5.74) is 0.869. The van der Waals surface area contributed by atoms with Crippen molar-refractivity contribution >= 4 is 50.0 Å². The lowest BCUT2D eigenvalue weighted by atomic mass is 10.1.